The van der Waals surface area contributed by atoms with Crippen molar-refractivity contribution in [1.82, 2.24) is 0 Å². The maximum Gasteiger partial charge on any atom is 0 e. The Hall–Kier alpha value is 2.19. The summed E-state index contributed by atoms with van der Waals surface area (Å²) in [6.45, 7) is 0. The zero-order chi connectivity index (χ0) is 0. The Bertz CT molecular complexity index is 6.85. The minimum atomic E-state index is 0. The van der Waals surface area contributed by atoms with Gasteiger partial charge in [0.15, 0.2) is 0 Å². The van der Waals surface area contributed by atoms with E-state index >= 15 is 0 Å². The summed E-state index contributed by atoms with van der Waals surface area (Å²) in [4.78, 5) is 0. The molecule has 0 aliphatic carbocycles. The van der Waals surface area contributed by atoms with Crippen molar-refractivity contribution in [2.24, 2.45) is 0 Å². The van der Waals surface area contributed by atoms with Crippen LogP contribution in [0.15, 0.2) is 0 Å². The van der Waals surface area contributed by atoms with Crippen LogP contribution in [0, 0.1) is 41.3 Å². The monoisotopic (exact) mass is 267 g/mol. The molecule has 5 heavy (non-hydrogen) atoms. The predicted octanol–water partition coefficient (Wildman–Crippen LogP) is 0.441. The summed E-state index contributed by atoms with van der Waals surface area (Å²) in [5, 5.41) is 0. The summed E-state index contributed by atoms with van der Waals surface area (Å²) in [7, 11) is 0. The molecule has 2 N–H and O–H groups in total. The fraction of sp³-hybridized carbons (Fsp3) is 0. The fourth-order valence-corrected chi connectivity index (χ4v) is 0. The van der Waals surface area contributed by atoms with Gasteiger partial charge >= 0.3 is 0 Å². The van der Waals surface area contributed by atoms with Crippen molar-refractivity contribution in [3.63, 3.8) is 0 Å². The van der Waals surface area contributed by atoms with Crippen LogP contribution in [0.5, 0.6) is 0 Å². The topological polar surface area (TPSA) is 31.5 Å². The molecule has 0 aromatic carbocycles. The van der Waals surface area contributed by atoms with E-state index in [1.165, 1.54) is 0 Å². The summed E-state index contributed by atoms with van der Waals surface area (Å²) >= 11 is 0. The molecule has 0 atom stereocenters. The van der Waals surface area contributed by atoms with E-state index in [-0.39, 0.29) is 84.0 Å². The van der Waals surface area contributed by atoms with Crippen molar-refractivity contribution < 1.29 is 46.8 Å². The van der Waals surface area contributed by atoms with E-state index in [9.17, 15) is 0 Å². The molecule has 0 aliphatic heterocycles. The van der Waals surface area contributed by atoms with E-state index < -0.39 is 0 Å². The Balaban J connectivity index is 0. The van der Waals surface area contributed by atoms with Gasteiger partial charge in [-0.25, -0.2) is 0 Å². The first kappa shape index (κ1) is 57.3. The molecule has 0 bridgehead atoms. The van der Waals surface area contributed by atoms with Gasteiger partial charge in [0.05, 0.1) is 0 Å². The third kappa shape index (κ3) is 22.6. The van der Waals surface area contributed by atoms with Gasteiger partial charge in [-0.3, -0.25) is 0 Å². The Morgan fingerprint density at radius 1 is 0.600 bits per heavy atom. The van der Waals surface area contributed by atoms with E-state index in [0.29, 0.717) is 0 Å². The standard InChI is InChI=1S/3ClH.H2O.Pr/h3*1H;1H2;. The molecule has 0 aromatic rings. The molecule has 0 saturated heterocycles. The van der Waals surface area contributed by atoms with Gasteiger partial charge in [0, 0.05) is 41.3 Å². The summed E-state index contributed by atoms with van der Waals surface area (Å²) in [6.07, 6.45) is 0. The van der Waals surface area contributed by atoms with Gasteiger partial charge in [0.25, 0.3) is 0 Å². The Morgan fingerprint density at radius 3 is 0.600 bits per heavy atom. The van der Waals surface area contributed by atoms with Gasteiger partial charge in [-0.1, -0.05) is 0 Å². The summed E-state index contributed by atoms with van der Waals surface area (Å²) in [5.74, 6) is 0. The first-order chi connectivity index (χ1) is 0. The van der Waals surface area contributed by atoms with Crippen molar-refractivity contribution in [2.75, 3.05) is 0 Å². The molecule has 5 heteroatoms. The summed E-state index contributed by atoms with van der Waals surface area (Å²) in [5.41, 5.74) is 0. The zero-order valence-electron chi connectivity index (χ0n) is 2.30. The largest absolute Gasteiger partial charge is 0.412 e. The molecule has 0 unspecified atom stereocenters. The summed E-state index contributed by atoms with van der Waals surface area (Å²) in [6, 6.07) is 0. The van der Waals surface area contributed by atoms with E-state index in [0.717, 1.165) is 0 Å². The second-order valence-corrected chi connectivity index (χ2v) is 0. The van der Waals surface area contributed by atoms with Gasteiger partial charge in [-0.05, 0) is 0 Å². The molecule has 0 saturated carbocycles. The first-order valence-corrected chi connectivity index (χ1v) is 0. The minimum absolute atomic E-state index is 0. The van der Waals surface area contributed by atoms with Crippen LogP contribution in [0.1, 0.15) is 0 Å². The maximum absolute atomic E-state index is 0. The number of halogens is 3. The van der Waals surface area contributed by atoms with Crippen LogP contribution in [0.2, 0.25) is 0 Å². The van der Waals surface area contributed by atoms with Crippen molar-refractivity contribution in [2.45, 2.75) is 0 Å². The van der Waals surface area contributed by atoms with Gasteiger partial charge in [0.1, 0.15) is 0 Å². The SMILES string of the molecule is Cl.Cl.Cl.O.[Pr]. The second kappa shape index (κ2) is 34.7. The predicted molar refractivity (Wildman–Crippen MR) is 25.4 cm³/mol. The van der Waals surface area contributed by atoms with E-state index in [2.05, 4.69) is 0 Å². The van der Waals surface area contributed by atoms with Crippen LogP contribution in [0.4, 0.5) is 0 Å². The van der Waals surface area contributed by atoms with Crippen LogP contribution >= 0.6 is 37.2 Å². The molecule has 1 nitrogen and oxygen atoms in total. The second-order valence-electron chi connectivity index (χ2n) is 0. The third-order valence-corrected chi connectivity index (χ3v) is 0. The Kier molecular flexibility index (Phi) is 398. The molecule has 35 valence electrons. The number of hydrogen-bond donors (Lipinski definition) is 0. The van der Waals surface area contributed by atoms with Gasteiger partial charge in [0.2, 0.25) is 0 Å². The molecule has 0 rings (SSSR count). The van der Waals surface area contributed by atoms with E-state index in [1.807, 2.05) is 0 Å². The molecule has 0 heterocycles. The number of rotatable bonds is 0. The van der Waals surface area contributed by atoms with Crippen molar-refractivity contribution in [3.8, 4) is 0 Å². The normalized spacial score (nSPS) is 0. The van der Waals surface area contributed by atoms with Gasteiger partial charge < -0.3 is 5.48 Å². The average Bonchev–Trinajstić information content (AvgIpc) is 0. The third-order valence-electron chi connectivity index (χ3n) is 0. The summed E-state index contributed by atoms with van der Waals surface area (Å²) < 4.78 is 0. The molecule has 0 fully saturated rings. The molecular formula is H5Cl3OPr. The van der Waals surface area contributed by atoms with Crippen molar-refractivity contribution >= 4 is 37.2 Å². The van der Waals surface area contributed by atoms with Crippen molar-refractivity contribution in [3.05, 3.63) is 0 Å². The fourth-order valence-electron chi connectivity index (χ4n) is 0. The van der Waals surface area contributed by atoms with Crippen LogP contribution in [-0.2, 0) is 0 Å². The molecule has 0 spiro atoms. The molecule has 0 amide bonds. The molecular weight excluding hydrogens is 263 g/mol. The van der Waals surface area contributed by atoms with Crippen LogP contribution in [0.3, 0.4) is 0 Å². The average molecular weight is 268 g/mol. The molecule has 0 aliphatic rings. The smallest absolute Gasteiger partial charge is 0 e. The van der Waals surface area contributed by atoms with Gasteiger partial charge in [-0.2, -0.15) is 0 Å². The Labute approximate surface area is 82.8 Å². The molecule has 0 aromatic heterocycles. The van der Waals surface area contributed by atoms with Crippen molar-refractivity contribution in [1.29, 1.82) is 0 Å². The first-order valence-electron chi connectivity index (χ1n) is 0. The van der Waals surface area contributed by atoms with E-state index in [1.54, 1.807) is 0 Å². The van der Waals surface area contributed by atoms with E-state index in [4.69, 9.17) is 0 Å². The zero-order valence-corrected chi connectivity index (χ0v) is 8.46. The number of hydrogen-bond acceptors (Lipinski definition) is 0. The molecule has 1 radical (unpaired) electrons. The van der Waals surface area contributed by atoms with Gasteiger partial charge in [-0.15, -0.1) is 37.2 Å². The maximum atomic E-state index is 0. The quantitative estimate of drug-likeness (QED) is 0.610. The Morgan fingerprint density at radius 2 is 0.600 bits per heavy atom. The minimum Gasteiger partial charge on any atom is -0.412 e. The van der Waals surface area contributed by atoms with Crippen LogP contribution in [0.25, 0.3) is 0 Å². The van der Waals surface area contributed by atoms with Crippen LogP contribution in [-0.4, -0.2) is 5.48 Å². The van der Waals surface area contributed by atoms with Crippen LogP contribution < -0.4 is 0 Å².